The summed E-state index contributed by atoms with van der Waals surface area (Å²) in [5.74, 6) is -1.37. The number of aryl methyl sites for hydroxylation is 1. The minimum atomic E-state index is -0.883. The van der Waals surface area contributed by atoms with Gasteiger partial charge in [-0.2, -0.15) is 0 Å². The topological polar surface area (TPSA) is 57.6 Å². The second-order valence-electron chi connectivity index (χ2n) is 6.04. The molecule has 0 unspecified atom stereocenters. The summed E-state index contributed by atoms with van der Waals surface area (Å²) >= 11 is 1.33. The van der Waals surface area contributed by atoms with Crippen LogP contribution >= 0.6 is 11.3 Å². The lowest BCUT2D eigenvalue weighted by Gasteiger charge is -2.20. The summed E-state index contributed by atoms with van der Waals surface area (Å²) in [4.78, 5) is 26.1. The number of carboxylic acids is 1. The number of carboxylic acid groups (broad SMARTS) is 1. The summed E-state index contributed by atoms with van der Waals surface area (Å²) in [5.41, 5.74) is -0.125. The van der Waals surface area contributed by atoms with Crippen LogP contribution in [0.4, 0.5) is 4.39 Å². The standard InChI is InChI=1S/C16H16FNO3S/c1-9-11-7-10(17)3-4-12(11)22-13(9)14(19)18-6-5-16(2,8-18)15(20)21/h3-4,7H,5-6,8H2,1-2H3,(H,20,21)/t16-/m0/s1. The number of fused-ring (bicyclic) bond motifs is 1. The molecule has 0 spiro atoms. The quantitative estimate of drug-likeness (QED) is 0.923. The van der Waals surface area contributed by atoms with Gasteiger partial charge in [-0.3, -0.25) is 9.59 Å². The van der Waals surface area contributed by atoms with E-state index < -0.39 is 11.4 Å². The molecular weight excluding hydrogens is 305 g/mol. The van der Waals surface area contributed by atoms with E-state index in [0.29, 0.717) is 17.8 Å². The molecule has 1 amide bonds. The molecule has 1 aliphatic rings. The molecular formula is C16H16FNO3S. The zero-order chi connectivity index (χ0) is 16.1. The van der Waals surface area contributed by atoms with Crippen LogP contribution in [0.2, 0.25) is 0 Å². The van der Waals surface area contributed by atoms with Crippen molar-refractivity contribution in [3.05, 3.63) is 34.5 Å². The van der Waals surface area contributed by atoms with Crippen molar-refractivity contribution in [3.63, 3.8) is 0 Å². The van der Waals surface area contributed by atoms with E-state index >= 15 is 0 Å². The molecule has 1 aromatic heterocycles. The minimum absolute atomic E-state index is 0.163. The molecule has 0 radical (unpaired) electrons. The van der Waals surface area contributed by atoms with Crippen LogP contribution in [0.3, 0.4) is 0 Å². The summed E-state index contributed by atoms with van der Waals surface area (Å²) < 4.78 is 14.2. The Kier molecular flexibility index (Phi) is 3.44. The van der Waals surface area contributed by atoms with Crippen LogP contribution in [0.25, 0.3) is 10.1 Å². The highest BCUT2D eigenvalue weighted by Gasteiger charge is 2.42. The van der Waals surface area contributed by atoms with Crippen LogP contribution < -0.4 is 0 Å². The highest BCUT2D eigenvalue weighted by atomic mass is 32.1. The first kappa shape index (κ1) is 15.0. The summed E-state index contributed by atoms with van der Waals surface area (Å²) in [6, 6.07) is 4.48. The van der Waals surface area contributed by atoms with Crippen molar-refractivity contribution >= 4 is 33.3 Å². The fraction of sp³-hybridized carbons (Fsp3) is 0.375. The van der Waals surface area contributed by atoms with Gasteiger partial charge < -0.3 is 10.0 Å². The van der Waals surface area contributed by atoms with Crippen molar-refractivity contribution in [2.45, 2.75) is 20.3 Å². The molecule has 1 aromatic carbocycles. The summed E-state index contributed by atoms with van der Waals surface area (Å²) in [5, 5.41) is 10.0. The lowest BCUT2D eigenvalue weighted by molar-refractivity contribution is -0.147. The van der Waals surface area contributed by atoms with Crippen molar-refractivity contribution in [1.82, 2.24) is 4.90 Å². The van der Waals surface area contributed by atoms with E-state index in [9.17, 15) is 19.1 Å². The zero-order valence-corrected chi connectivity index (χ0v) is 13.2. The predicted molar refractivity (Wildman–Crippen MR) is 82.8 cm³/mol. The molecule has 22 heavy (non-hydrogen) atoms. The molecule has 4 nitrogen and oxygen atoms in total. The molecule has 2 aromatic rings. The average molecular weight is 321 g/mol. The van der Waals surface area contributed by atoms with Crippen LogP contribution in [0.5, 0.6) is 0 Å². The molecule has 116 valence electrons. The van der Waals surface area contributed by atoms with Gasteiger partial charge >= 0.3 is 5.97 Å². The average Bonchev–Trinajstić information content (AvgIpc) is 3.01. The van der Waals surface area contributed by atoms with Crippen LogP contribution in [0, 0.1) is 18.2 Å². The Morgan fingerprint density at radius 2 is 2.14 bits per heavy atom. The fourth-order valence-corrected chi connectivity index (χ4v) is 4.01. The minimum Gasteiger partial charge on any atom is -0.481 e. The molecule has 1 fully saturated rings. The normalized spacial score (nSPS) is 21.5. The van der Waals surface area contributed by atoms with E-state index in [1.165, 1.54) is 23.5 Å². The third-order valence-electron chi connectivity index (χ3n) is 4.37. The molecule has 1 atom stereocenters. The Bertz CT molecular complexity index is 785. The number of carbonyl (C=O) groups excluding carboxylic acids is 1. The Morgan fingerprint density at radius 3 is 2.77 bits per heavy atom. The number of benzene rings is 1. The van der Waals surface area contributed by atoms with Gasteiger partial charge in [-0.25, -0.2) is 4.39 Å². The van der Waals surface area contributed by atoms with Crippen molar-refractivity contribution in [2.75, 3.05) is 13.1 Å². The number of aliphatic carboxylic acids is 1. The van der Waals surface area contributed by atoms with Crippen LogP contribution in [0.15, 0.2) is 18.2 Å². The lowest BCUT2D eigenvalue weighted by atomic mass is 9.90. The second-order valence-corrected chi connectivity index (χ2v) is 7.09. The summed E-state index contributed by atoms with van der Waals surface area (Å²) in [7, 11) is 0. The zero-order valence-electron chi connectivity index (χ0n) is 12.4. The number of halogens is 1. The van der Waals surface area contributed by atoms with Crippen LogP contribution in [-0.2, 0) is 4.79 Å². The Labute approximate surface area is 131 Å². The monoisotopic (exact) mass is 321 g/mol. The predicted octanol–water partition coefficient (Wildman–Crippen LogP) is 3.29. The Balaban J connectivity index is 1.94. The van der Waals surface area contributed by atoms with Gasteiger partial charge in [-0.1, -0.05) is 0 Å². The molecule has 1 aliphatic heterocycles. The highest BCUT2D eigenvalue weighted by Crippen LogP contribution is 2.35. The van der Waals surface area contributed by atoms with Gasteiger partial charge in [0.05, 0.1) is 10.3 Å². The smallest absolute Gasteiger partial charge is 0.311 e. The molecule has 0 saturated carbocycles. The molecule has 3 rings (SSSR count). The van der Waals surface area contributed by atoms with Crippen LogP contribution in [0.1, 0.15) is 28.6 Å². The van der Waals surface area contributed by atoms with E-state index in [1.54, 1.807) is 24.8 Å². The number of hydrogen-bond donors (Lipinski definition) is 1. The van der Waals surface area contributed by atoms with Gasteiger partial charge in [0.25, 0.3) is 5.91 Å². The van der Waals surface area contributed by atoms with Gasteiger partial charge in [0.1, 0.15) is 5.82 Å². The first-order valence-electron chi connectivity index (χ1n) is 7.03. The van der Waals surface area contributed by atoms with E-state index in [-0.39, 0.29) is 18.3 Å². The SMILES string of the molecule is Cc1c(C(=O)N2CC[C@](C)(C(=O)O)C2)sc2ccc(F)cc12. The number of thiophene rings is 1. The number of amides is 1. The Morgan fingerprint density at radius 1 is 1.41 bits per heavy atom. The molecule has 2 heterocycles. The summed E-state index contributed by atoms with van der Waals surface area (Å²) in [6.07, 6.45) is 0.451. The van der Waals surface area contributed by atoms with Gasteiger partial charge in [-0.05, 0) is 49.4 Å². The molecule has 6 heteroatoms. The molecule has 0 bridgehead atoms. The number of carbonyl (C=O) groups is 2. The van der Waals surface area contributed by atoms with Crippen molar-refractivity contribution in [3.8, 4) is 0 Å². The van der Waals surface area contributed by atoms with Gasteiger partial charge in [0.15, 0.2) is 0 Å². The maximum atomic E-state index is 13.4. The fourth-order valence-electron chi connectivity index (χ4n) is 2.85. The lowest BCUT2D eigenvalue weighted by Crippen LogP contribution is -2.34. The highest BCUT2D eigenvalue weighted by molar-refractivity contribution is 7.21. The maximum Gasteiger partial charge on any atom is 0.311 e. The van der Waals surface area contributed by atoms with E-state index in [4.69, 9.17) is 0 Å². The first-order valence-corrected chi connectivity index (χ1v) is 7.85. The van der Waals surface area contributed by atoms with Gasteiger partial charge in [-0.15, -0.1) is 11.3 Å². The largest absolute Gasteiger partial charge is 0.481 e. The number of likely N-dealkylation sites (tertiary alicyclic amines) is 1. The number of rotatable bonds is 2. The van der Waals surface area contributed by atoms with Gasteiger partial charge in [0.2, 0.25) is 0 Å². The summed E-state index contributed by atoms with van der Waals surface area (Å²) in [6.45, 7) is 4.11. The maximum absolute atomic E-state index is 13.4. The molecule has 1 saturated heterocycles. The number of hydrogen-bond acceptors (Lipinski definition) is 3. The Hall–Kier alpha value is -1.95. The molecule has 0 aliphatic carbocycles. The third-order valence-corrected chi connectivity index (χ3v) is 5.63. The van der Waals surface area contributed by atoms with Crippen molar-refractivity contribution in [2.24, 2.45) is 5.41 Å². The van der Waals surface area contributed by atoms with E-state index in [0.717, 1.165) is 15.6 Å². The van der Waals surface area contributed by atoms with E-state index in [2.05, 4.69) is 0 Å². The van der Waals surface area contributed by atoms with E-state index in [1.807, 2.05) is 0 Å². The van der Waals surface area contributed by atoms with Crippen LogP contribution in [-0.4, -0.2) is 35.0 Å². The van der Waals surface area contributed by atoms with Crippen molar-refractivity contribution in [1.29, 1.82) is 0 Å². The second kappa shape index (κ2) is 5.05. The third kappa shape index (κ3) is 2.27. The molecule has 1 N–H and O–H groups in total. The first-order chi connectivity index (χ1) is 10.3. The van der Waals surface area contributed by atoms with Crippen molar-refractivity contribution < 1.29 is 19.1 Å². The number of nitrogens with zero attached hydrogens (tertiary/aromatic N) is 1. The van der Waals surface area contributed by atoms with Gasteiger partial charge in [0, 0.05) is 17.8 Å².